The van der Waals surface area contributed by atoms with Gasteiger partial charge in [0, 0.05) is 32.3 Å². The summed E-state index contributed by atoms with van der Waals surface area (Å²) in [6.45, 7) is 0. The summed E-state index contributed by atoms with van der Waals surface area (Å²) in [4.78, 5) is 25.8. The van der Waals surface area contributed by atoms with E-state index in [-0.39, 0.29) is 11.6 Å². The van der Waals surface area contributed by atoms with Crippen molar-refractivity contribution in [2.45, 2.75) is 12.5 Å². The van der Waals surface area contributed by atoms with Crippen LogP contribution in [-0.2, 0) is 11.2 Å². The lowest BCUT2D eigenvalue weighted by Gasteiger charge is -2.22. The summed E-state index contributed by atoms with van der Waals surface area (Å²) in [5, 5.41) is 4.96. The molecule has 2 rings (SSSR count). The standard InChI is InChI=1S/C18H19F2N3O2/c1-23(2)17(24)16(10-12-6-4-3-5-7-12)22-18(25)21-13-8-9-14(19)15(20)11-13/h3-9,11,16H,10H2,1-2H3,(H2,21,22,25)/t16-/m1/s1. The van der Waals surface area contributed by atoms with E-state index in [0.717, 1.165) is 17.7 Å². The maximum atomic E-state index is 13.2. The Hall–Kier alpha value is -2.96. The highest BCUT2D eigenvalue weighted by Crippen LogP contribution is 2.13. The van der Waals surface area contributed by atoms with Crippen molar-refractivity contribution in [2.24, 2.45) is 0 Å². The van der Waals surface area contributed by atoms with Crippen molar-refractivity contribution < 1.29 is 18.4 Å². The van der Waals surface area contributed by atoms with Crippen molar-refractivity contribution in [3.05, 3.63) is 65.7 Å². The molecule has 0 radical (unpaired) electrons. The molecule has 5 nitrogen and oxygen atoms in total. The average Bonchev–Trinajstić information content (AvgIpc) is 2.57. The van der Waals surface area contributed by atoms with Crippen molar-refractivity contribution in [3.8, 4) is 0 Å². The molecule has 2 N–H and O–H groups in total. The zero-order valence-corrected chi connectivity index (χ0v) is 13.9. The third-order valence-corrected chi connectivity index (χ3v) is 3.50. The van der Waals surface area contributed by atoms with E-state index in [2.05, 4.69) is 10.6 Å². The molecule has 0 saturated heterocycles. The smallest absolute Gasteiger partial charge is 0.319 e. The zero-order valence-electron chi connectivity index (χ0n) is 13.9. The summed E-state index contributed by atoms with van der Waals surface area (Å²) in [5.74, 6) is -2.34. The number of hydrogen-bond donors (Lipinski definition) is 2. The molecular weight excluding hydrogens is 328 g/mol. The van der Waals surface area contributed by atoms with Gasteiger partial charge in [-0.05, 0) is 17.7 Å². The van der Waals surface area contributed by atoms with E-state index < -0.39 is 23.7 Å². The van der Waals surface area contributed by atoms with Crippen LogP contribution in [0.2, 0.25) is 0 Å². The van der Waals surface area contributed by atoms with Gasteiger partial charge in [0.25, 0.3) is 0 Å². The minimum Gasteiger partial charge on any atom is -0.347 e. The fourth-order valence-electron chi connectivity index (χ4n) is 2.26. The number of nitrogens with zero attached hydrogens (tertiary/aromatic N) is 1. The minimum atomic E-state index is -1.07. The second-order valence-electron chi connectivity index (χ2n) is 5.70. The van der Waals surface area contributed by atoms with E-state index in [1.807, 2.05) is 30.3 Å². The molecule has 7 heteroatoms. The van der Waals surface area contributed by atoms with Crippen molar-refractivity contribution in [3.63, 3.8) is 0 Å². The predicted molar refractivity (Wildman–Crippen MR) is 91.1 cm³/mol. The lowest BCUT2D eigenvalue weighted by atomic mass is 10.1. The molecule has 1 atom stereocenters. The number of rotatable bonds is 5. The molecule has 0 bridgehead atoms. The Morgan fingerprint density at radius 3 is 2.32 bits per heavy atom. The van der Waals surface area contributed by atoms with Gasteiger partial charge in [-0.3, -0.25) is 4.79 Å². The summed E-state index contributed by atoms with van der Waals surface area (Å²) in [7, 11) is 3.19. The van der Waals surface area contributed by atoms with Crippen LogP contribution in [0.4, 0.5) is 19.3 Å². The Morgan fingerprint density at radius 1 is 1.04 bits per heavy atom. The van der Waals surface area contributed by atoms with Crippen molar-refractivity contribution in [2.75, 3.05) is 19.4 Å². The van der Waals surface area contributed by atoms with Crippen LogP contribution in [-0.4, -0.2) is 37.0 Å². The Kier molecular flexibility index (Phi) is 6.05. The van der Waals surface area contributed by atoms with E-state index in [1.165, 1.54) is 11.0 Å². The molecule has 0 aliphatic carbocycles. The largest absolute Gasteiger partial charge is 0.347 e. The van der Waals surface area contributed by atoms with Gasteiger partial charge in [-0.2, -0.15) is 0 Å². The van der Waals surface area contributed by atoms with E-state index in [9.17, 15) is 18.4 Å². The second kappa shape index (κ2) is 8.23. The summed E-state index contributed by atoms with van der Waals surface area (Å²) < 4.78 is 26.1. The minimum absolute atomic E-state index is 0.0900. The number of carbonyl (C=O) groups excluding carboxylic acids is 2. The zero-order chi connectivity index (χ0) is 18.4. The normalized spacial score (nSPS) is 11.5. The Morgan fingerprint density at radius 2 is 1.72 bits per heavy atom. The van der Waals surface area contributed by atoms with Gasteiger partial charge in [0.05, 0.1) is 0 Å². The highest BCUT2D eigenvalue weighted by atomic mass is 19.2. The molecule has 132 valence electrons. The highest BCUT2D eigenvalue weighted by Gasteiger charge is 2.23. The Labute approximate surface area is 144 Å². The monoisotopic (exact) mass is 347 g/mol. The van der Waals surface area contributed by atoms with Gasteiger partial charge in [0.1, 0.15) is 6.04 Å². The number of urea groups is 1. The first-order chi connectivity index (χ1) is 11.9. The van der Waals surface area contributed by atoms with Crippen LogP contribution in [0.15, 0.2) is 48.5 Å². The van der Waals surface area contributed by atoms with Gasteiger partial charge in [-0.1, -0.05) is 30.3 Å². The van der Waals surface area contributed by atoms with E-state index >= 15 is 0 Å². The molecule has 0 aliphatic heterocycles. The topological polar surface area (TPSA) is 61.4 Å². The number of carbonyl (C=O) groups is 2. The van der Waals surface area contributed by atoms with E-state index in [0.29, 0.717) is 6.42 Å². The van der Waals surface area contributed by atoms with Crippen molar-refractivity contribution in [1.82, 2.24) is 10.2 Å². The van der Waals surface area contributed by atoms with E-state index in [1.54, 1.807) is 14.1 Å². The molecule has 25 heavy (non-hydrogen) atoms. The molecule has 3 amide bonds. The first kappa shape index (κ1) is 18.4. The van der Waals surface area contributed by atoms with Gasteiger partial charge >= 0.3 is 6.03 Å². The number of anilines is 1. The molecule has 2 aromatic carbocycles. The van der Waals surface area contributed by atoms with Gasteiger partial charge in [-0.15, -0.1) is 0 Å². The van der Waals surface area contributed by atoms with Crippen LogP contribution in [0.3, 0.4) is 0 Å². The predicted octanol–water partition coefficient (Wildman–Crippen LogP) is 2.79. The second-order valence-corrected chi connectivity index (χ2v) is 5.70. The maximum Gasteiger partial charge on any atom is 0.319 e. The maximum absolute atomic E-state index is 13.2. The Balaban J connectivity index is 2.08. The molecule has 0 unspecified atom stereocenters. The number of nitrogens with one attached hydrogen (secondary N) is 2. The number of halogens is 2. The summed E-state index contributed by atoms with van der Waals surface area (Å²) in [6.07, 6.45) is 0.309. The average molecular weight is 347 g/mol. The third-order valence-electron chi connectivity index (χ3n) is 3.50. The number of hydrogen-bond acceptors (Lipinski definition) is 2. The van der Waals surface area contributed by atoms with Gasteiger partial charge in [0.2, 0.25) is 5.91 Å². The molecule has 2 aromatic rings. The van der Waals surface area contributed by atoms with Crippen molar-refractivity contribution >= 4 is 17.6 Å². The Bertz CT molecular complexity index is 751. The van der Waals surface area contributed by atoms with Gasteiger partial charge in [-0.25, -0.2) is 13.6 Å². The summed E-state index contributed by atoms with van der Waals surface area (Å²) in [6, 6.07) is 10.8. The van der Waals surface area contributed by atoms with Crippen LogP contribution >= 0.6 is 0 Å². The molecule has 0 saturated carbocycles. The number of amides is 3. The van der Waals surface area contributed by atoms with Gasteiger partial charge in [0.15, 0.2) is 11.6 Å². The first-order valence-electron chi connectivity index (χ1n) is 7.64. The highest BCUT2D eigenvalue weighted by molar-refractivity contribution is 5.93. The van der Waals surface area contributed by atoms with E-state index in [4.69, 9.17) is 0 Å². The fourth-order valence-corrected chi connectivity index (χ4v) is 2.26. The first-order valence-corrected chi connectivity index (χ1v) is 7.64. The molecule has 0 heterocycles. The fraction of sp³-hybridized carbons (Fsp3) is 0.222. The van der Waals surface area contributed by atoms with Crippen LogP contribution in [0.1, 0.15) is 5.56 Å². The number of benzene rings is 2. The van der Waals surface area contributed by atoms with Crippen molar-refractivity contribution in [1.29, 1.82) is 0 Å². The van der Waals surface area contributed by atoms with Crippen LogP contribution in [0, 0.1) is 11.6 Å². The summed E-state index contributed by atoms with van der Waals surface area (Å²) in [5.41, 5.74) is 0.975. The third kappa shape index (κ3) is 5.27. The molecule has 0 aromatic heterocycles. The van der Waals surface area contributed by atoms with Crippen LogP contribution in [0.5, 0.6) is 0 Å². The molecule has 0 fully saturated rings. The SMILES string of the molecule is CN(C)C(=O)[C@@H](Cc1ccccc1)NC(=O)Nc1ccc(F)c(F)c1. The summed E-state index contributed by atoms with van der Waals surface area (Å²) >= 11 is 0. The number of likely N-dealkylation sites (N-methyl/N-ethyl adjacent to an activating group) is 1. The molecular formula is C18H19F2N3O2. The molecule has 0 spiro atoms. The quantitative estimate of drug-likeness (QED) is 0.874. The lowest BCUT2D eigenvalue weighted by Crippen LogP contribution is -2.48. The molecule has 0 aliphatic rings. The lowest BCUT2D eigenvalue weighted by molar-refractivity contribution is -0.130. The van der Waals surface area contributed by atoms with Gasteiger partial charge < -0.3 is 15.5 Å². The van der Waals surface area contributed by atoms with Crippen LogP contribution in [0.25, 0.3) is 0 Å². The van der Waals surface area contributed by atoms with Crippen LogP contribution < -0.4 is 10.6 Å².